The topological polar surface area (TPSA) is 55.2 Å². The molecule has 1 aliphatic rings. The summed E-state index contributed by atoms with van der Waals surface area (Å²) in [5.74, 6) is -0.212. The molecule has 3 rings (SSSR count). The van der Waals surface area contributed by atoms with E-state index in [1.54, 1.807) is 6.20 Å². The highest BCUT2D eigenvalue weighted by Gasteiger charge is 2.06. The van der Waals surface area contributed by atoms with Crippen LogP contribution in [-0.2, 0) is 4.79 Å². The molecule has 1 aromatic carbocycles. The monoisotopic (exact) mass is 183 g/mol. The van der Waals surface area contributed by atoms with Gasteiger partial charge in [-0.1, -0.05) is 6.07 Å². The van der Waals surface area contributed by atoms with E-state index in [0.717, 1.165) is 16.1 Å². The van der Waals surface area contributed by atoms with Gasteiger partial charge in [0.15, 0.2) is 0 Å². The molecule has 1 aliphatic heterocycles. The van der Waals surface area contributed by atoms with Gasteiger partial charge in [0.2, 0.25) is 0 Å². The summed E-state index contributed by atoms with van der Waals surface area (Å²) in [5.41, 5.74) is 0.811. The molecule has 0 fully saturated rings. The van der Waals surface area contributed by atoms with Crippen molar-refractivity contribution in [3.8, 4) is 0 Å². The SMILES string of the molecule is O=C1C=c2ccc3ncncc3c2=N1. The average Bonchev–Trinajstić information content (AvgIpc) is 2.59. The fraction of sp³-hybridized carbons (Fsp3) is 0. The Balaban J connectivity index is 2.65. The molecule has 2 heterocycles. The Hall–Kier alpha value is -2.10. The number of aromatic nitrogens is 2. The summed E-state index contributed by atoms with van der Waals surface area (Å²) < 4.78 is 0. The van der Waals surface area contributed by atoms with Crippen LogP contribution in [0.3, 0.4) is 0 Å². The van der Waals surface area contributed by atoms with Gasteiger partial charge in [0.05, 0.1) is 10.9 Å². The molecule has 2 aromatic rings. The van der Waals surface area contributed by atoms with Crippen LogP contribution in [0.2, 0.25) is 0 Å². The van der Waals surface area contributed by atoms with E-state index in [-0.39, 0.29) is 5.91 Å². The first-order valence-electron chi connectivity index (χ1n) is 4.18. The Bertz CT molecular complexity index is 661. The van der Waals surface area contributed by atoms with Gasteiger partial charge in [0.1, 0.15) is 6.33 Å². The lowest BCUT2D eigenvalue weighted by Gasteiger charge is -1.93. The van der Waals surface area contributed by atoms with Gasteiger partial charge in [-0.2, -0.15) is 0 Å². The smallest absolute Gasteiger partial charge is 0.267 e. The molecule has 0 radical (unpaired) electrons. The van der Waals surface area contributed by atoms with Gasteiger partial charge in [0, 0.05) is 22.9 Å². The summed E-state index contributed by atoms with van der Waals surface area (Å²) in [6.07, 6.45) is 4.67. The van der Waals surface area contributed by atoms with Crippen LogP contribution in [0.1, 0.15) is 0 Å². The Kier molecular flexibility index (Phi) is 1.28. The summed E-state index contributed by atoms with van der Waals surface area (Å²) in [6, 6.07) is 3.71. The number of carbonyl (C=O) groups is 1. The number of hydrogen-bond donors (Lipinski definition) is 0. The highest BCUT2D eigenvalue weighted by molar-refractivity contribution is 6.07. The fourth-order valence-electron chi connectivity index (χ4n) is 1.57. The van der Waals surface area contributed by atoms with Gasteiger partial charge < -0.3 is 0 Å². The number of fused-ring (bicyclic) bond motifs is 3. The van der Waals surface area contributed by atoms with E-state index in [4.69, 9.17) is 0 Å². The van der Waals surface area contributed by atoms with Crippen molar-refractivity contribution in [1.29, 1.82) is 0 Å². The number of carbonyl (C=O) groups excluding carboxylic acids is 1. The second-order valence-electron chi connectivity index (χ2n) is 3.05. The van der Waals surface area contributed by atoms with E-state index < -0.39 is 0 Å². The number of amides is 1. The van der Waals surface area contributed by atoms with Crippen molar-refractivity contribution >= 4 is 22.9 Å². The molecule has 4 heteroatoms. The third-order valence-corrected chi connectivity index (χ3v) is 2.19. The Labute approximate surface area is 78.6 Å². The fourth-order valence-corrected chi connectivity index (χ4v) is 1.57. The van der Waals surface area contributed by atoms with Crippen LogP contribution in [0.15, 0.2) is 29.6 Å². The third kappa shape index (κ3) is 0.877. The van der Waals surface area contributed by atoms with Crippen LogP contribution in [0.25, 0.3) is 17.0 Å². The second-order valence-corrected chi connectivity index (χ2v) is 3.05. The van der Waals surface area contributed by atoms with Gasteiger partial charge in [-0.3, -0.25) is 4.79 Å². The van der Waals surface area contributed by atoms with E-state index in [2.05, 4.69) is 15.0 Å². The lowest BCUT2D eigenvalue weighted by atomic mass is 10.2. The highest BCUT2D eigenvalue weighted by Crippen LogP contribution is 2.01. The molecule has 1 aromatic heterocycles. The minimum absolute atomic E-state index is 0.212. The van der Waals surface area contributed by atoms with Crippen LogP contribution >= 0.6 is 0 Å². The first-order valence-corrected chi connectivity index (χ1v) is 4.18. The Morgan fingerprint density at radius 3 is 3.07 bits per heavy atom. The first-order chi connectivity index (χ1) is 6.84. The molecular formula is C10H5N3O. The maximum absolute atomic E-state index is 11.1. The minimum Gasteiger partial charge on any atom is -0.267 e. The van der Waals surface area contributed by atoms with Crippen LogP contribution in [0.5, 0.6) is 0 Å². The predicted octanol–water partition coefficient (Wildman–Crippen LogP) is -0.430. The van der Waals surface area contributed by atoms with Gasteiger partial charge in [-0.25, -0.2) is 15.0 Å². The molecule has 0 atom stereocenters. The first kappa shape index (κ1) is 7.32. The zero-order valence-electron chi connectivity index (χ0n) is 7.14. The van der Waals surface area contributed by atoms with E-state index in [1.807, 2.05) is 12.1 Å². The average molecular weight is 183 g/mol. The Morgan fingerprint density at radius 2 is 2.14 bits per heavy atom. The van der Waals surface area contributed by atoms with Gasteiger partial charge >= 0.3 is 0 Å². The molecule has 0 bridgehead atoms. The third-order valence-electron chi connectivity index (χ3n) is 2.19. The van der Waals surface area contributed by atoms with Gasteiger partial charge in [-0.05, 0) is 6.07 Å². The highest BCUT2D eigenvalue weighted by atomic mass is 16.1. The van der Waals surface area contributed by atoms with Crippen LogP contribution < -0.4 is 10.6 Å². The minimum atomic E-state index is -0.212. The summed E-state index contributed by atoms with van der Waals surface area (Å²) >= 11 is 0. The lowest BCUT2D eigenvalue weighted by molar-refractivity contribution is -0.112. The molecule has 0 N–H and O–H groups in total. The number of nitrogens with zero attached hydrogens (tertiary/aromatic N) is 3. The van der Waals surface area contributed by atoms with Crippen molar-refractivity contribution in [2.24, 2.45) is 4.99 Å². The van der Waals surface area contributed by atoms with Crippen LogP contribution in [-0.4, -0.2) is 15.9 Å². The maximum atomic E-state index is 11.1. The molecule has 0 saturated heterocycles. The summed E-state index contributed by atoms with van der Waals surface area (Å²) in [6.45, 7) is 0. The van der Waals surface area contributed by atoms with Gasteiger partial charge in [0.25, 0.3) is 5.91 Å². The van der Waals surface area contributed by atoms with E-state index in [1.165, 1.54) is 12.4 Å². The van der Waals surface area contributed by atoms with Crippen LogP contribution in [0, 0.1) is 0 Å². The maximum Gasteiger partial charge on any atom is 0.270 e. The van der Waals surface area contributed by atoms with E-state index in [9.17, 15) is 4.79 Å². The van der Waals surface area contributed by atoms with Crippen molar-refractivity contribution < 1.29 is 4.79 Å². The molecule has 14 heavy (non-hydrogen) atoms. The summed E-state index contributed by atoms with van der Waals surface area (Å²) in [4.78, 5) is 23.0. The zero-order valence-corrected chi connectivity index (χ0v) is 7.14. The molecule has 66 valence electrons. The Morgan fingerprint density at radius 1 is 1.21 bits per heavy atom. The van der Waals surface area contributed by atoms with E-state index in [0.29, 0.717) is 5.36 Å². The predicted molar refractivity (Wildman–Crippen MR) is 49.8 cm³/mol. The molecule has 0 aliphatic carbocycles. The molecule has 1 amide bonds. The number of benzene rings is 1. The van der Waals surface area contributed by atoms with E-state index >= 15 is 0 Å². The molecule has 0 saturated carbocycles. The number of hydrogen-bond acceptors (Lipinski definition) is 3. The van der Waals surface area contributed by atoms with Crippen molar-refractivity contribution in [3.63, 3.8) is 0 Å². The van der Waals surface area contributed by atoms with Crippen molar-refractivity contribution in [2.45, 2.75) is 0 Å². The van der Waals surface area contributed by atoms with Crippen molar-refractivity contribution in [2.75, 3.05) is 0 Å². The summed E-state index contributed by atoms with van der Waals surface area (Å²) in [5, 5.41) is 2.36. The molecule has 0 spiro atoms. The molecular weight excluding hydrogens is 178 g/mol. The second kappa shape index (κ2) is 2.45. The van der Waals surface area contributed by atoms with Crippen LogP contribution in [0.4, 0.5) is 0 Å². The molecule has 0 unspecified atom stereocenters. The number of rotatable bonds is 0. The standard InChI is InChI=1S/C10H5N3O/c14-9-3-6-1-2-8-7(10(6)13-9)4-11-5-12-8/h1-5H. The summed E-state index contributed by atoms with van der Waals surface area (Å²) in [7, 11) is 0. The normalized spacial score (nSPS) is 13.6. The van der Waals surface area contributed by atoms with Gasteiger partial charge in [-0.15, -0.1) is 0 Å². The largest absolute Gasteiger partial charge is 0.270 e. The lowest BCUT2D eigenvalue weighted by Crippen LogP contribution is -2.22. The zero-order chi connectivity index (χ0) is 9.54. The van der Waals surface area contributed by atoms with Crippen molar-refractivity contribution in [3.05, 3.63) is 35.2 Å². The van der Waals surface area contributed by atoms with Crippen molar-refractivity contribution in [1.82, 2.24) is 9.97 Å². The quantitative estimate of drug-likeness (QED) is 0.557. The molecule has 4 nitrogen and oxygen atoms in total.